The summed E-state index contributed by atoms with van der Waals surface area (Å²) in [7, 11) is 0. The predicted molar refractivity (Wildman–Crippen MR) is 71.1 cm³/mol. The van der Waals surface area contributed by atoms with E-state index >= 15 is 0 Å². The maximum Gasteiger partial charge on any atom is 0.387 e. The maximum absolute atomic E-state index is 12.0. The number of alkyl halides is 2. The first kappa shape index (κ1) is 15.2. The van der Waals surface area contributed by atoms with E-state index in [-0.39, 0.29) is 24.0 Å². The van der Waals surface area contributed by atoms with Gasteiger partial charge in [0.2, 0.25) is 11.8 Å². The van der Waals surface area contributed by atoms with Crippen molar-refractivity contribution < 1.29 is 23.1 Å². The number of rotatable bonds is 5. The molecule has 0 unspecified atom stereocenters. The van der Waals surface area contributed by atoms with Gasteiger partial charge in [0.05, 0.1) is 12.5 Å². The molecule has 0 aliphatic carbocycles. The van der Waals surface area contributed by atoms with Gasteiger partial charge in [-0.1, -0.05) is 0 Å². The van der Waals surface area contributed by atoms with Crippen LogP contribution in [0.5, 0.6) is 5.75 Å². The van der Waals surface area contributed by atoms with Gasteiger partial charge >= 0.3 is 6.61 Å². The van der Waals surface area contributed by atoms with Crippen LogP contribution in [0.25, 0.3) is 0 Å². The topological polar surface area (TPSA) is 79.5 Å². The van der Waals surface area contributed by atoms with Crippen LogP contribution >= 0.6 is 0 Å². The smallest absolute Gasteiger partial charge is 0.387 e. The molecule has 8 heteroatoms. The molecular formula is C13H15F2N3O3. The molecule has 1 aromatic rings. The minimum atomic E-state index is -2.89. The molecular weight excluding hydrogens is 284 g/mol. The van der Waals surface area contributed by atoms with Gasteiger partial charge in [0.25, 0.3) is 0 Å². The Morgan fingerprint density at radius 3 is 2.67 bits per heavy atom. The summed E-state index contributed by atoms with van der Waals surface area (Å²) in [6.07, 6.45) is 0.00111. The lowest BCUT2D eigenvalue weighted by Gasteiger charge is -2.22. The van der Waals surface area contributed by atoms with Crippen LogP contribution in [0, 0.1) is 0 Å². The molecule has 1 aliphatic rings. The van der Waals surface area contributed by atoms with Crippen LogP contribution in [0.15, 0.2) is 24.3 Å². The zero-order chi connectivity index (χ0) is 15.2. The van der Waals surface area contributed by atoms with Crippen LogP contribution in [0.3, 0.4) is 0 Å². The highest BCUT2D eigenvalue weighted by atomic mass is 19.3. The second-order valence-electron chi connectivity index (χ2n) is 4.45. The summed E-state index contributed by atoms with van der Waals surface area (Å²) in [5, 5.41) is 8.19. The van der Waals surface area contributed by atoms with Crippen LogP contribution < -0.4 is 20.7 Å². The Bertz CT molecular complexity index is 508. The zero-order valence-electron chi connectivity index (χ0n) is 11.1. The van der Waals surface area contributed by atoms with Crippen LogP contribution in [0.4, 0.5) is 14.5 Å². The summed E-state index contributed by atoms with van der Waals surface area (Å²) < 4.78 is 28.2. The summed E-state index contributed by atoms with van der Waals surface area (Å²) in [5.74, 6) is -0.541. The van der Waals surface area contributed by atoms with Gasteiger partial charge in [0.15, 0.2) is 0 Å². The van der Waals surface area contributed by atoms with Crippen molar-refractivity contribution in [2.45, 2.75) is 19.1 Å². The molecule has 0 aromatic heterocycles. The van der Waals surface area contributed by atoms with Crippen molar-refractivity contribution in [2.24, 2.45) is 0 Å². The van der Waals surface area contributed by atoms with E-state index in [2.05, 4.69) is 20.7 Å². The molecule has 0 saturated carbocycles. The van der Waals surface area contributed by atoms with Crippen molar-refractivity contribution in [2.75, 3.05) is 18.4 Å². The molecule has 114 valence electrons. The molecule has 1 heterocycles. The number of ether oxygens (including phenoxy) is 1. The van der Waals surface area contributed by atoms with Crippen molar-refractivity contribution in [1.82, 2.24) is 10.6 Å². The fourth-order valence-electron chi connectivity index (χ4n) is 1.93. The summed E-state index contributed by atoms with van der Waals surface area (Å²) in [4.78, 5) is 23.3. The molecule has 2 rings (SSSR count). The summed E-state index contributed by atoms with van der Waals surface area (Å²) in [6, 6.07) is 4.99. The molecule has 0 spiro atoms. The Kier molecular flexibility index (Phi) is 5.04. The molecule has 1 aliphatic heterocycles. The van der Waals surface area contributed by atoms with E-state index in [0.29, 0.717) is 18.8 Å². The minimum absolute atomic E-state index is 0.00111. The molecule has 1 aromatic carbocycles. The monoisotopic (exact) mass is 299 g/mol. The Labute approximate surface area is 119 Å². The maximum atomic E-state index is 12.0. The van der Waals surface area contributed by atoms with Gasteiger partial charge < -0.3 is 20.7 Å². The lowest BCUT2D eigenvalue weighted by Crippen LogP contribution is -2.53. The molecule has 6 nitrogen and oxygen atoms in total. The van der Waals surface area contributed by atoms with Gasteiger partial charge in [0.1, 0.15) is 5.75 Å². The number of hydrogen-bond donors (Lipinski definition) is 3. The number of halogens is 2. The van der Waals surface area contributed by atoms with E-state index in [0.717, 1.165) is 0 Å². The molecule has 21 heavy (non-hydrogen) atoms. The third-order valence-electron chi connectivity index (χ3n) is 2.88. The molecule has 1 atom stereocenters. The van der Waals surface area contributed by atoms with E-state index in [1.807, 2.05) is 0 Å². The third kappa shape index (κ3) is 4.67. The Balaban J connectivity index is 1.86. The number of carbonyl (C=O) groups excluding carboxylic acids is 2. The highest BCUT2D eigenvalue weighted by Gasteiger charge is 2.23. The third-order valence-corrected chi connectivity index (χ3v) is 2.88. The highest BCUT2D eigenvalue weighted by molar-refractivity contribution is 5.95. The fraction of sp³-hybridized carbons (Fsp3) is 0.385. The molecule has 2 amide bonds. The summed E-state index contributed by atoms with van der Waals surface area (Å²) in [5.41, 5.74) is 0.442. The van der Waals surface area contributed by atoms with E-state index in [1.54, 1.807) is 0 Å². The first-order valence-corrected chi connectivity index (χ1v) is 6.40. The standard InChI is InChI=1S/C13H15F2N3O3/c14-13(15)21-9-3-1-8(2-4-9)18-11(19)7-10-12(20)17-6-5-16-10/h1-4,10,13,16H,5-7H2,(H,17,20)(H,18,19)/t10-/m1/s1. The number of carbonyl (C=O) groups is 2. The van der Waals surface area contributed by atoms with Crippen molar-refractivity contribution in [3.63, 3.8) is 0 Å². The van der Waals surface area contributed by atoms with Crippen LogP contribution in [-0.2, 0) is 9.59 Å². The van der Waals surface area contributed by atoms with Gasteiger partial charge in [-0.05, 0) is 24.3 Å². The molecule has 1 saturated heterocycles. The van der Waals surface area contributed by atoms with Crippen LogP contribution in [0.2, 0.25) is 0 Å². The number of benzene rings is 1. The number of amides is 2. The van der Waals surface area contributed by atoms with Crippen molar-refractivity contribution in [1.29, 1.82) is 0 Å². The van der Waals surface area contributed by atoms with Gasteiger partial charge in [-0.25, -0.2) is 0 Å². The van der Waals surface area contributed by atoms with E-state index in [1.165, 1.54) is 24.3 Å². The van der Waals surface area contributed by atoms with Crippen molar-refractivity contribution in [3.8, 4) is 5.75 Å². The number of hydrogen-bond acceptors (Lipinski definition) is 4. The van der Waals surface area contributed by atoms with Gasteiger partial charge in [0, 0.05) is 18.8 Å². The highest BCUT2D eigenvalue weighted by Crippen LogP contribution is 2.17. The zero-order valence-corrected chi connectivity index (χ0v) is 11.1. The molecule has 1 fully saturated rings. The van der Waals surface area contributed by atoms with Crippen molar-refractivity contribution >= 4 is 17.5 Å². The average Bonchev–Trinajstić information content (AvgIpc) is 2.43. The second-order valence-corrected chi connectivity index (χ2v) is 4.45. The Morgan fingerprint density at radius 2 is 2.05 bits per heavy atom. The first-order chi connectivity index (χ1) is 10.0. The second kappa shape index (κ2) is 6.98. The fourth-order valence-corrected chi connectivity index (χ4v) is 1.93. The molecule has 0 bridgehead atoms. The van der Waals surface area contributed by atoms with Gasteiger partial charge in [-0.3, -0.25) is 9.59 Å². The lowest BCUT2D eigenvalue weighted by molar-refractivity contribution is -0.127. The van der Waals surface area contributed by atoms with Gasteiger partial charge in [-0.15, -0.1) is 0 Å². The number of anilines is 1. The lowest BCUT2D eigenvalue weighted by atomic mass is 10.1. The molecule has 0 radical (unpaired) electrons. The van der Waals surface area contributed by atoms with Crippen LogP contribution in [0.1, 0.15) is 6.42 Å². The predicted octanol–water partition coefficient (Wildman–Crippen LogP) is 0.705. The van der Waals surface area contributed by atoms with Crippen molar-refractivity contribution in [3.05, 3.63) is 24.3 Å². The quantitative estimate of drug-likeness (QED) is 0.748. The average molecular weight is 299 g/mol. The largest absolute Gasteiger partial charge is 0.435 e. The first-order valence-electron chi connectivity index (χ1n) is 6.40. The Morgan fingerprint density at radius 1 is 1.33 bits per heavy atom. The Hall–Kier alpha value is -2.22. The number of piperazine rings is 1. The van der Waals surface area contributed by atoms with Crippen LogP contribution in [-0.4, -0.2) is 37.6 Å². The van der Waals surface area contributed by atoms with E-state index in [4.69, 9.17) is 0 Å². The normalized spacial score (nSPS) is 18.2. The minimum Gasteiger partial charge on any atom is -0.435 e. The summed E-state index contributed by atoms with van der Waals surface area (Å²) in [6.45, 7) is -1.73. The molecule has 3 N–H and O–H groups in total. The number of nitrogens with one attached hydrogen (secondary N) is 3. The van der Waals surface area contributed by atoms with E-state index in [9.17, 15) is 18.4 Å². The van der Waals surface area contributed by atoms with E-state index < -0.39 is 12.7 Å². The summed E-state index contributed by atoms with van der Waals surface area (Å²) >= 11 is 0. The van der Waals surface area contributed by atoms with Gasteiger partial charge in [-0.2, -0.15) is 8.78 Å². The SMILES string of the molecule is O=C(C[C@H]1NCCNC1=O)Nc1ccc(OC(F)F)cc1.